The van der Waals surface area contributed by atoms with Gasteiger partial charge in [0, 0.05) is 17.1 Å². The summed E-state index contributed by atoms with van der Waals surface area (Å²) in [5, 5.41) is 12.8. The molecule has 4 nitrogen and oxygen atoms in total. The van der Waals surface area contributed by atoms with Crippen LogP contribution in [0.25, 0.3) is 17.0 Å². The number of carbonyl (C=O) groups excluding carboxylic acids is 1. The molecule has 0 unspecified atom stereocenters. The third kappa shape index (κ3) is 3.13. The van der Waals surface area contributed by atoms with E-state index in [1.54, 1.807) is 36.5 Å². The van der Waals surface area contributed by atoms with E-state index < -0.39 is 11.7 Å². The Balaban J connectivity index is 1.93. The molecule has 0 saturated heterocycles. The third-order valence-corrected chi connectivity index (χ3v) is 3.45. The number of amides is 1. The van der Waals surface area contributed by atoms with Crippen molar-refractivity contribution in [1.82, 2.24) is 4.98 Å². The molecule has 3 rings (SSSR count). The van der Waals surface area contributed by atoms with Crippen molar-refractivity contribution in [1.29, 1.82) is 5.26 Å². The van der Waals surface area contributed by atoms with E-state index in [1.165, 1.54) is 18.2 Å². The van der Waals surface area contributed by atoms with Crippen molar-refractivity contribution >= 4 is 28.6 Å². The summed E-state index contributed by atoms with van der Waals surface area (Å²) in [4.78, 5) is 16.6. The Kier molecular flexibility index (Phi) is 4.30. The van der Waals surface area contributed by atoms with Crippen LogP contribution in [0.15, 0.2) is 66.4 Å². The lowest BCUT2D eigenvalue weighted by Gasteiger charge is -2.07. The first kappa shape index (κ1) is 15.4. The predicted molar refractivity (Wildman–Crippen MR) is 90.4 cm³/mol. The van der Waals surface area contributed by atoms with E-state index in [0.717, 1.165) is 5.39 Å². The van der Waals surface area contributed by atoms with Crippen molar-refractivity contribution in [3.8, 4) is 6.07 Å². The van der Waals surface area contributed by atoms with E-state index in [1.807, 2.05) is 18.2 Å². The standard InChI is InChI=1S/C19H12FN3O/c20-16-8-2-1-5-14(16)11-15(12-21)19(24)23-17-9-3-6-13-7-4-10-22-18(13)17/h1-11H,(H,23,24)/b15-11-. The minimum absolute atomic E-state index is 0.181. The Morgan fingerprint density at radius 2 is 1.92 bits per heavy atom. The van der Waals surface area contributed by atoms with Gasteiger partial charge in [0.25, 0.3) is 5.91 Å². The number of nitrogens with one attached hydrogen (secondary N) is 1. The van der Waals surface area contributed by atoms with Crippen molar-refractivity contribution in [3.05, 3.63) is 77.7 Å². The SMILES string of the molecule is N#C/C(=C/c1ccccc1F)C(=O)Nc1cccc2cccnc12. The summed E-state index contributed by atoms with van der Waals surface area (Å²) in [7, 11) is 0. The van der Waals surface area contributed by atoms with Crippen molar-refractivity contribution < 1.29 is 9.18 Å². The van der Waals surface area contributed by atoms with E-state index in [2.05, 4.69) is 10.3 Å². The fraction of sp³-hybridized carbons (Fsp3) is 0. The van der Waals surface area contributed by atoms with Crippen molar-refractivity contribution in [2.75, 3.05) is 5.32 Å². The number of benzene rings is 2. The normalized spacial score (nSPS) is 11.1. The lowest BCUT2D eigenvalue weighted by atomic mass is 10.1. The predicted octanol–water partition coefficient (Wildman–Crippen LogP) is 3.92. The molecule has 0 radical (unpaired) electrons. The van der Waals surface area contributed by atoms with Crippen molar-refractivity contribution in [2.24, 2.45) is 0 Å². The molecule has 3 aromatic rings. The van der Waals surface area contributed by atoms with Gasteiger partial charge in [-0.05, 0) is 24.3 Å². The van der Waals surface area contributed by atoms with Crippen LogP contribution in [0.5, 0.6) is 0 Å². The van der Waals surface area contributed by atoms with E-state index in [0.29, 0.717) is 11.2 Å². The summed E-state index contributed by atoms with van der Waals surface area (Å²) in [6.45, 7) is 0. The number of para-hydroxylation sites is 1. The number of hydrogen-bond donors (Lipinski definition) is 1. The molecule has 0 bridgehead atoms. The second kappa shape index (κ2) is 6.71. The minimum Gasteiger partial charge on any atom is -0.319 e. The van der Waals surface area contributed by atoms with Gasteiger partial charge in [-0.15, -0.1) is 0 Å². The van der Waals surface area contributed by atoms with Gasteiger partial charge in [0.15, 0.2) is 0 Å². The molecular weight excluding hydrogens is 305 g/mol. The van der Waals surface area contributed by atoms with E-state index >= 15 is 0 Å². The molecule has 0 aliphatic heterocycles. The lowest BCUT2D eigenvalue weighted by molar-refractivity contribution is -0.112. The maximum absolute atomic E-state index is 13.7. The van der Waals surface area contributed by atoms with Crippen LogP contribution in [0.1, 0.15) is 5.56 Å². The first-order chi connectivity index (χ1) is 11.7. The lowest BCUT2D eigenvalue weighted by Crippen LogP contribution is -2.14. The molecule has 0 spiro atoms. The van der Waals surface area contributed by atoms with Gasteiger partial charge in [-0.2, -0.15) is 5.26 Å². The number of pyridine rings is 1. The summed E-state index contributed by atoms with van der Waals surface area (Å²) in [6.07, 6.45) is 2.85. The number of fused-ring (bicyclic) bond motifs is 1. The summed E-state index contributed by atoms with van der Waals surface area (Å²) in [6, 6.07) is 16.8. The van der Waals surface area contributed by atoms with E-state index in [9.17, 15) is 14.4 Å². The first-order valence-corrected chi connectivity index (χ1v) is 7.20. The van der Waals surface area contributed by atoms with Gasteiger partial charge in [0.05, 0.1) is 11.2 Å². The van der Waals surface area contributed by atoms with Gasteiger partial charge in [0.1, 0.15) is 17.5 Å². The monoisotopic (exact) mass is 317 g/mol. The van der Waals surface area contributed by atoms with Crippen molar-refractivity contribution in [2.45, 2.75) is 0 Å². The zero-order chi connectivity index (χ0) is 16.9. The number of anilines is 1. The molecule has 0 saturated carbocycles. The topological polar surface area (TPSA) is 65.8 Å². The van der Waals surface area contributed by atoms with Gasteiger partial charge >= 0.3 is 0 Å². The highest BCUT2D eigenvalue weighted by atomic mass is 19.1. The Morgan fingerprint density at radius 3 is 2.71 bits per heavy atom. The second-order valence-corrected chi connectivity index (χ2v) is 5.03. The van der Waals surface area contributed by atoms with Crippen LogP contribution in [0.3, 0.4) is 0 Å². The number of nitrogens with zero attached hydrogens (tertiary/aromatic N) is 2. The second-order valence-electron chi connectivity index (χ2n) is 5.03. The van der Waals surface area contributed by atoms with Crippen LogP contribution in [-0.4, -0.2) is 10.9 Å². The van der Waals surface area contributed by atoms with Crippen LogP contribution < -0.4 is 5.32 Å². The summed E-state index contributed by atoms with van der Waals surface area (Å²) in [5.41, 5.74) is 1.11. The fourth-order valence-electron chi connectivity index (χ4n) is 2.29. The van der Waals surface area contributed by atoms with Gasteiger partial charge in [-0.25, -0.2) is 4.39 Å². The van der Waals surface area contributed by atoms with Gasteiger partial charge in [0.2, 0.25) is 0 Å². The molecule has 1 N–H and O–H groups in total. The van der Waals surface area contributed by atoms with Crippen molar-refractivity contribution in [3.63, 3.8) is 0 Å². The Morgan fingerprint density at radius 1 is 1.12 bits per heavy atom. The summed E-state index contributed by atoms with van der Waals surface area (Å²) < 4.78 is 13.7. The average Bonchev–Trinajstić information content (AvgIpc) is 2.61. The number of halogens is 1. The molecule has 1 heterocycles. The van der Waals surface area contributed by atoms with Crippen LogP contribution in [0.4, 0.5) is 10.1 Å². The summed E-state index contributed by atoms with van der Waals surface area (Å²) in [5.74, 6) is -1.11. The highest BCUT2D eigenvalue weighted by Gasteiger charge is 2.12. The summed E-state index contributed by atoms with van der Waals surface area (Å²) >= 11 is 0. The molecule has 0 aliphatic carbocycles. The molecule has 0 aliphatic rings. The maximum atomic E-state index is 13.7. The van der Waals surface area contributed by atoms with Crippen LogP contribution in [-0.2, 0) is 4.79 Å². The maximum Gasteiger partial charge on any atom is 0.266 e. The molecule has 1 aromatic heterocycles. The molecule has 5 heteroatoms. The minimum atomic E-state index is -0.612. The van der Waals surface area contributed by atoms with Crippen LogP contribution in [0.2, 0.25) is 0 Å². The highest BCUT2D eigenvalue weighted by molar-refractivity contribution is 6.12. The molecule has 0 atom stereocenters. The first-order valence-electron chi connectivity index (χ1n) is 7.20. The van der Waals surface area contributed by atoms with Crippen LogP contribution in [0, 0.1) is 17.1 Å². The molecule has 1 amide bonds. The Labute approximate surface area is 137 Å². The Bertz CT molecular complexity index is 984. The molecule has 24 heavy (non-hydrogen) atoms. The van der Waals surface area contributed by atoms with Gasteiger partial charge in [-0.3, -0.25) is 9.78 Å². The quantitative estimate of drug-likeness (QED) is 0.588. The largest absolute Gasteiger partial charge is 0.319 e. The number of hydrogen-bond acceptors (Lipinski definition) is 3. The fourth-order valence-corrected chi connectivity index (χ4v) is 2.29. The number of nitriles is 1. The average molecular weight is 317 g/mol. The molecule has 2 aromatic carbocycles. The number of aromatic nitrogens is 1. The molecular formula is C19H12FN3O. The third-order valence-electron chi connectivity index (χ3n) is 3.45. The Hall–Kier alpha value is -3.52. The number of rotatable bonds is 3. The van der Waals surface area contributed by atoms with E-state index in [-0.39, 0.29) is 11.1 Å². The zero-order valence-electron chi connectivity index (χ0n) is 12.5. The number of carbonyl (C=O) groups is 1. The smallest absolute Gasteiger partial charge is 0.266 e. The van der Waals surface area contributed by atoms with Crippen LogP contribution >= 0.6 is 0 Å². The van der Waals surface area contributed by atoms with Gasteiger partial charge in [-0.1, -0.05) is 36.4 Å². The van der Waals surface area contributed by atoms with E-state index in [4.69, 9.17) is 0 Å². The molecule has 0 fully saturated rings. The molecule has 116 valence electrons. The highest BCUT2D eigenvalue weighted by Crippen LogP contribution is 2.21. The zero-order valence-corrected chi connectivity index (χ0v) is 12.5. The van der Waals surface area contributed by atoms with Gasteiger partial charge < -0.3 is 5.32 Å².